The van der Waals surface area contributed by atoms with Crippen LogP contribution in [0.1, 0.15) is 39.2 Å². The number of rotatable bonds is 5. The van der Waals surface area contributed by atoms with Gasteiger partial charge < -0.3 is 5.32 Å². The summed E-state index contributed by atoms with van der Waals surface area (Å²) in [6.45, 7) is 9.55. The lowest BCUT2D eigenvalue weighted by molar-refractivity contribution is 0.0996. The van der Waals surface area contributed by atoms with E-state index in [0.29, 0.717) is 18.0 Å². The standard InChI is InChI=1S/C17H26ClFN2/c1-4-5-14-9-20-17(12(2)3)11-21(14)10-13-6-7-15(18)16(19)8-13/h6-8,12,14,17,20H,4-5,9-11H2,1-3H3. The predicted molar refractivity (Wildman–Crippen MR) is 87.1 cm³/mol. The monoisotopic (exact) mass is 312 g/mol. The Kier molecular flexibility index (Phi) is 6.03. The van der Waals surface area contributed by atoms with Crippen LogP contribution in [0.5, 0.6) is 0 Å². The van der Waals surface area contributed by atoms with Crippen LogP contribution in [0.15, 0.2) is 18.2 Å². The van der Waals surface area contributed by atoms with Crippen LogP contribution in [-0.4, -0.2) is 30.1 Å². The van der Waals surface area contributed by atoms with Gasteiger partial charge in [-0.2, -0.15) is 0 Å². The summed E-state index contributed by atoms with van der Waals surface area (Å²) in [4.78, 5) is 2.49. The van der Waals surface area contributed by atoms with Crippen molar-refractivity contribution in [2.45, 2.75) is 52.2 Å². The number of nitrogens with zero attached hydrogens (tertiary/aromatic N) is 1. The zero-order valence-electron chi connectivity index (χ0n) is 13.2. The molecule has 0 spiro atoms. The quantitative estimate of drug-likeness (QED) is 0.881. The van der Waals surface area contributed by atoms with Gasteiger partial charge in [-0.3, -0.25) is 4.90 Å². The summed E-state index contributed by atoms with van der Waals surface area (Å²) in [6.07, 6.45) is 2.35. The molecule has 0 bridgehead atoms. The summed E-state index contributed by atoms with van der Waals surface area (Å²) >= 11 is 5.77. The van der Waals surface area contributed by atoms with Gasteiger partial charge in [0.05, 0.1) is 5.02 Å². The van der Waals surface area contributed by atoms with Gasteiger partial charge in [-0.15, -0.1) is 0 Å². The van der Waals surface area contributed by atoms with E-state index in [4.69, 9.17) is 11.6 Å². The normalized spacial score (nSPS) is 23.7. The number of hydrogen-bond donors (Lipinski definition) is 1. The van der Waals surface area contributed by atoms with Crippen molar-refractivity contribution in [2.75, 3.05) is 13.1 Å². The minimum atomic E-state index is -0.322. The first-order chi connectivity index (χ1) is 10.0. The molecule has 1 aromatic carbocycles. The summed E-state index contributed by atoms with van der Waals surface area (Å²) in [5, 5.41) is 3.85. The van der Waals surface area contributed by atoms with Crippen molar-refractivity contribution >= 4 is 11.6 Å². The van der Waals surface area contributed by atoms with Gasteiger partial charge in [0.15, 0.2) is 0 Å². The van der Waals surface area contributed by atoms with Gasteiger partial charge in [0.1, 0.15) is 5.82 Å². The highest BCUT2D eigenvalue weighted by atomic mass is 35.5. The van der Waals surface area contributed by atoms with Crippen LogP contribution in [0.4, 0.5) is 4.39 Å². The molecule has 0 saturated carbocycles. The van der Waals surface area contributed by atoms with Crippen LogP contribution in [0.2, 0.25) is 5.02 Å². The zero-order chi connectivity index (χ0) is 15.4. The van der Waals surface area contributed by atoms with E-state index in [0.717, 1.165) is 25.2 Å². The van der Waals surface area contributed by atoms with E-state index < -0.39 is 0 Å². The summed E-state index contributed by atoms with van der Waals surface area (Å²) < 4.78 is 13.6. The molecule has 1 fully saturated rings. The van der Waals surface area contributed by atoms with Crippen molar-refractivity contribution in [3.8, 4) is 0 Å². The van der Waals surface area contributed by atoms with Crippen LogP contribution in [0, 0.1) is 11.7 Å². The van der Waals surface area contributed by atoms with Gasteiger partial charge >= 0.3 is 0 Å². The molecule has 1 saturated heterocycles. The van der Waals surface area contributed by atoms with E-state index in [9.17, 15) is 4.39 Å². The molecule has 2 nitrogen and oxygen atoms in total. The lowest BCUT2D eigenvalue weighted by Gasteiger charge is -2.42. The molecule has 0 radical (unpaired) electrons. The SMILES string of the molecule is CCCC1CNC(C(C)C)CN1Cc1ccc(Cl)c(F)c1. The molecule has 118 valence electrons. The van der Waals surface area contributed by atoms with E-state index in [-0.39, 0.29) is 10.8 Å². The smallest absolute Gasteiger partial charge is 0.142 e. The third kappa shape index (κ3) is 4.41. The molecule has 0 aromatic heterocycles. The maximum absolute atomic E-state index is 13.6. The Bertz CT molecular complexity index is 464. The van der Waals surface area contributed by atoms with Crippen molar-refractivity contribution in [3.05, 3.63) is 34.6 Å². The topological polar surface area (TPSA) is 15.3 Å². The summed E-state index contributed by atoms with van der Waals surface area (Å²) in [7, 11) is 0. The van der Waals surface area contributed by atoms with E-state index in [2.05, 4.69) is 31.0 Å². The first-order valence-corrected chi connectivity index (χ1v) is 8.30. The Morgan fingerprint density at radius 2 is 2.19 bits per heavy atom. The third-order valence-corrected chi connectivity index (χ3v) is 4.67. The van der Waals surface area contributed by atoms with Crippen molar-refractivity contribution < 1.29 is 4.39 Å². The highest BCUT2D eigenvalue weighted by Gasteiger charge is 2.28. The van der Waals surface area contributed by atoms with Crippen molar-refractivity contribution in [2.24, 2.45) is 5.92 Å². The molecular weight excluding hydrogens is 287 g/mol. The average molecular weight is 313 g/mol. The fourth-order valence-electron chi connectivity index (χ4n) is 3.01. The summed E-state index contributed by atoms with van der Waals surface area (Å²) in [5.41, 5.74) is 1.00. The molecule has 1 heterocycles. The molecule has 1 N–H and O–H groups in total. The maximum Gasteiger partial charge on any atom is 0.142 e. The predicted octanol–water partition coefficient (Wildman–Crippen LogP) is 4.08. The lowest BCUT2D eigenvalue weighted by atomic mass is 9.97. The van der Waals surface area contributed by atoms with Crippen molar-refractivity contribution in [3.63, 3.8) is 0 Å². The van der Waals surface area contributed by atoms with Crippen LogP contribution in [0.25, 0.3) is 0 Å². The number of benzene rings is 1. The van der Waals surface area contributed by atoms with Gasteiger partial charge in [-0.25, -0.2) is 4.39 Å². The van der Waals surface area contributed by atoms with Crippen LogP contribution in [0.3, 0.4) is 0 Å². The van der Waals surface area contributed by atoms with Gasteiger partial charge in [0.2, 0.25) is 0 Å². The van der Waals surface area contributed by atoms with Crippen molar-refractivity contribution in [1.29, 1.82) is 0 Å². The minimum Gasteiger partial charge on any atom is -0.311 e. The average Bonchev–Trinajstić information content (AvgIpc) is 2.45. The van der Waals surface area contributed by atoms with Gasteiger partial charge in [-0.05, 0) is 30.0 Å². The minimum absolute atomic E-state index is 0.198. The fraction of sp³-hybridized carbons (Fsp3) is 0.647. The highest BCUT2D eigenvalue weighted by molar-refractivity contribution is 6.30. The van der Waals surface area contributed by atoms with E-state index in [1.807, 2.05) is 6.07 Å². The molecule has 0 amide bonds. The molecule has 1 aromatic rings. The molecule has 4 heteroatoms. The van der Waals surface area contributed by atoms with Gasteiger partial charge in [-0.1, -0.05) is 44.9 Å². The maximum atomic E-state index is 13.6. The Hall–Kier alpha value is -0.640. The van der Waals surface area contributed by atoms with E-state index in [1.165, 1.54) is 12.8 Å². The van der Waals surface area contributed by atoms with E-state index in [1.54, 1.807) is 12.1 Å². The number of nitrogens with one attached hydrogen (secondary N) is 1. The van der Waals surface area contributed by atoms with Crippen LogP contribution < -0.4 is 5.32 Å². The number of piperazine rings is 1. The summed E-state index contributed by atoms with van der Waals surface area (Å²) in [5.74, 6) is 0.286. The Labute approximate surface area is 132 Å². The molecule has 21 heavy (non-hydrogen) atoms. The van der Waals surface area contributed by atoms with Gasteiger partial charge in [0, 0.05) is 31.7 Å². The van der Waals surface area contributed by atoms with Crippen LogP contribution >= 0.6 is 11.6 Å². The first-order valence-electron chi connectivity index (χ1n) is 7.92. The zero-order valence-corrected chi connectivity index (χ0v) is 14.0. The molecule has 2 atom stereocenters. The summed E-state index contributed by atoms with van der Waals surface area (Å²) in [6, 6.07) is 6.20. The second kappa shape index (κ2) is 7.57. The highest BCUT2D eigenvalue weighted by Crippen LogP contribution is 2.21. The Morgan fingerprint density at radius 3 is 2.81 bits per heavy atom. The Balaban J connectivity index is 2.09. The molecule has 1 aliphatic heterocycles. The second-order valence-electron chi connectivity index (χ2n) is 6.38. The Morgan fingerprint density at radius 1 is 1.43 bits per heavy atom. The van der Waals surface area contributed by atoms with Crippen molar-refractivity contribution in [1.82, 2.24) is 10.2 Å². The third-order valence-electron chi connectivity index (χ3n) is 4.36. The fourth-order valence-corrected chi connectivity index (χ4v) is 3.13. The molecular formula is C17H26ClFN2. The lowest BCUT2D eigenvalue weighted by Crippen LogP contribution is -2.57. The second-order valence-corrected chi connectivity index (χ2v) is 6.79. The molecule has 2 rings (SSSR count). The van der Waals surface area contributed by atoms with Gasteiger partial charge in [0.25, 0.3) is 0 Å². The largest absolute Gasteiger partial charge is 0.311 e. The number of halogens is 2. The van der Waals surface area contributed by atoms with E-state index >= 15 is 0 Å². The molecule has 0 aliphatic carbocycles. The molecule has 2 unspecified atom stereocenters. The van der Waals surface area contributed by atoms with Crippen LogP contribution in [-0.2, 0) is 6.54 Å². The number of hydrogen-bond acceptors (Lipinski definition) is 2. The first kappa shape index (κ1) is 16.7. The molecule has 1 aliphatic rings.